The van der Waals surface area contributed by atoms with Crippen molar-refractivity contribution in [2.75, 3.05) is 39.6 Å². The molecule has 0 amide bonds. The molecular formula is C79H154O17P2. The van der Waals surface area contributed by atoms with E-state index in [9.17, 15) is 43.2 Å². The number of unbranched alkanes of at least 4 members (excludes halogenated alkanes) is 50. The molecule has 0 aromatic heterocycles. The minimum absolute atomic E-state index is 0.107. The van der Waals surface area contributed by atoms with Gasteiger partial charge in [-0.05, 0) is 31.6 Å². The number of aliphatic hydroxyl groups excluding tert-OH is 1. The molecule has 0 spiro atoms. The molecule has 0 radical (unpaired) electrons. The number of phosphoric acid groups is 2. The molecule has 0 saturated heterocycles. The summed E-state index contributed by atoms with van der Waals surface area (Å²) >= 11 is 0. The number of phosphoric ester groups is 2. The molecule has 0 saturated carbocycles. The molecule has 98 heavy (non-hydrogen) atoms. The third-order valence-corrected chi connectivity index (χ3v) is 20.8. The molecule has 0 aliphatic rings. The molecule has 0 aromatic carbocycles. The van der Waals surface area contributed by atoms with Crippen molar-refractivity contribution in [2.24, 2.45) is 5.92 Å². The van der Waals surface area contributed by atoms with Gasteiger partial charge in [-0.3, -0.25) is 37.3 Å². The first kappa shape index (κ1) is 96.1. The van der Waals surface area contributed by atoms with Gasteiger partial charge in [0.15, 0.2) is 12.2 Å². The van der Waals surface area contributed by atoms with Crippen molar-refractivity contribution in [2.45, 2.75) is 438 Å². The lowest BCUT2D eigenvalue weighted by Crippen LogP contribution is -2.30. The van der Waals surface area contributed by atoms with E-state index in [1.807, 2.05) is 0 Å². The monoisotopic (exact) mass is 1440 g/mol. The third-order valence-electron chi connectivity index (χ3n) is 18.9. The van der Waals surface area contributed by atoms with E-state index >= 15 is 0 Å². The molecule has 0 bridgehead atoms. The molecule has 0 aliphatic heterocycles. The van der Waals surface area contributed by atoms with Crippen LogP contribution in [-0.2, 0) is 65.4 Å². The maximum absolute atomic E-state index is 13.1. The highest BCUT2D eigenvalue weighted by molar-refractivity contribution is 7.47. The van der Waals surface area contributed by atoms with Gasteiger partial charge in [-0.2, -0.15) is 0 Å². The normalized spacial score (nSPS) is 14.2. The Morgan fingerprint density at radius 1 is 0.286 bits per heavy atom. The van der Waals surface area contributed by atoms with Crippen molar-refractivity contribution in [3.8, 4) is 0 Å². The van der Waals surface area contributed by atoms with Crippen molar-refractivity contribution < 1.29 is 80.2 Å². The Bertz CT molecular complexity index is 1880. The lowest BCUT2D eigenvalue weighted by Gasteiger charge is -2.21. The van der Waals surface area contributed by atoms with Crippen LogP contribution in [0.3, 0.4) is 0 Å². The van der Waals surface area contributed by atoms with Crippen LogP contribution in [0.2, 0.25) is 0 Å². The molecule has 0 heterocycles. The van der Waals surface area contributed by atoms with Gasteiger partial charge < -0.3 is 33.8 Å². The Morgan fingerprint density at radius 3 is 0.724 bits per heavy atom. The van der Waals surface area contributed by atoms with Gasteiger partial charge in [-0.1, -0.05) is 369 Å². The minimum atomic E-state index is -4.96. The highest BCUT2D eigenvalue weighted by Gasteiger charge is 2.30. The molecular weight excluding hydrogens is 1280 g/mol. The summed E-state index contributed by atoms with van der Waals surface area (Å²) in [5, 5.41) is 10.6. The summed E-state index contributed by atoms with van der Waals surface area (Å²) in [5.74, 6) is -1.30. The topological polar surface area (TPSA) is 237 Å². The fourth-order valence-corrected chi connectivity index (χ4v) is 13.8. The van der Waals surface area contributed by atoms with Gasteiger partial charge in [0.05, 0.1) is 26.4 Å². The summed E-state index contributed by atoms with van der Waals surface area (Å²) in [5.41, 5.74) is 0. The van der Waals surface area contributed by atoms with E-state index in [1.54, 1.807) is 0 Å². The Hall–Kier alpha value is -1.94. The van der Waals surface area contributed by atoms with E-state index in [1.165, 1.54) is 244 Å². The van der Waals surface area contributed by atoms with Gasteiger partial charge in [0.1, 0.15) is 19.3 Å². The summed E-state index contributed by atoms with van der Waals surface area (Å²) in [4.78, 5) is 73.0. The molecule has 3 unspecified atom stereocenters. The highest BCUT2D eigenvalue weighted by Crippen LogP contribution is 2.45. The van der Waals surface area contributed by atoms with Gasteiger partial charge >= 0.3 is 39.5 Å². The van der Waals surface area contributed by atoms with Gasteiger partial charge in [0.2, 0.25) is 0 Å². The molecule has 582 valence electrons. The van der Waals surface area contributed by atoms with Gasteiger partial charge in [0.25, 0.3) is 0 Å². The Balaban J connectivity index is 5.26. The number of rotatable bonds is 79. The lowest BCUT2D eigenvalue weighted by molar-refractivity contribution is -0.161. The maximum atomic E-state index is 13.1. The first-order valence-corrected chi connectivity index (χ1v) is 44.2. The number of aliphatic hydroxyl groups is 1. The predicted molar refractivity (Wildman–Crippen MR) is 400 cm³/mol. The van der Waals surface area contributed by atoms with Gasteiger partial charge in [0, 0.05) is 25.7 Å². The van der Waals surface area contributed by atoms with Crippen molar-refractivity contribution in [3.63, 3.8) is 0 Å². The van der Waals surface area contributed by atoms with Crippen LogP contribution in [0.4, 0.5) is 0 Å². The molecule has 3 N–H and O–H groups in total. The fraction of sp³-hybridized carbons (Fsp3) is 0.949. The second kappa shape index (κ2) is 72.0. The van der Waals surface area contributed by atoms with Crippen LogP contribution < -0.4 is 0 Å². The molecule has 0 rings (SSSR count). The van der Waals surface area contributed by atoms with E-state index < -0.39 is 97.5 Å². The summed E-state index contributed by atoms with van der Waals surface area (Å²) in [6.07, 6.45) is 62.2. The van der Waals surface area contributed by atoms with Crippen molar-refractivity contribution in [1.29, 1.82) is 0 Å². The predicted octanol–water partition coefficient (Wildman–Crippen LogP) is 23.6. The Kier molecular flexibility index (Phi) is 70.6. The number of hydrogen-bond acceptors (Lipinski definition) is 15. The fourth-order valence-electron chi connectivity index (χ4n) is 12.2. The smallest absolute Gasteiger partial charge is 0.462 e. The van der Waals surface area contributed by atoms with Crippen LogP contribution in [0.5, 0.6) is 0 Å². The van der Waals surface area contributed by atoms with Crippen molar-refractivity contribution >= 4 is 39.5 Å². The zero-order valence-corrected chi connectivity index (χ0v) is 65.7. The standard InChI is InChI=1S/C79H154O17P2/c1-6-10-13-16-19-22-25-28-30-32-34-37-43-48-53-58-63-77(82)90-68-74(95-78(83)64-59-54-49-44-38-35-33-31-29-26-23-20-17-14-11-7-2)70-93-97(85,86)91-66-73(80)67-92-98(87,88)94-71-75(69-89-76(81)62-57-52-47-42-36-27-24-21-18-15-12-8-3)96-79(84)65-60-55-50-45-40-39-41-46-51-56-61-72(5)9-4/h72-75,80H,6-71H2,1-5H3,(H,85,86)(H,87,88)/t72?,73-,74-,75-/m1/s1. The van der Waals surface area contributed by atoms with Gasteiger partial charge in [-0.25, -0.2) is 9.13 Å². The quantitative estimate of drug-likeness (QED) is 0.0222. The molecule has 17 nitrogen and oxygen atoms in total. The average Bonchev–Trinajstić information content (AvgIpc) is 0.964. The number of hydrogen-bond donors (Lipinski definition) is 3. The molecule has 0 aromatic rings. The zero-order chi connectivity index (χ0) is 71.9. The van der Waals surface area contributed by atoms with Crippen LogP contribution in [0, 0.1) is 5.92 Å². The number of ether oxygens (including phenoxy) is 4. The minimum Gasteiger partial charge on any atom is -0.462 e. The first-order chi connectivity index (χ1) is 47.6. The summed E-state index contributed by atoms with van der Waals surface area (Å²) in [6.45, 7) is 7.35. The van der Waals surface area contributed by atoms with E-state index in [4.69, 9.17) is 37.0 Å². The number of carbonyl (C=O) groups excluding carboxylic acids is 4. The molecule has 0 fully saturated rings. The SMILES string of the molecule is CCCCCCCCCCCCCCCCCCC(=O)OC[C@H](COP(=O)(O)OC[C@@H](O)COP(=O)(O)OC[C@@H](COC(=O)CCCCCCCCCCCCCC)OC(=O)CCCCCCCCCCCCC(C)CC)OC(=O)CCCCCCCCCCCCCCCCCC. The summed E-state index contributed by atoms with van der Waals surface area (Å²) in [7, 11) is -9.92. The Morgan fingerprint density at radius 2 is 0.490 bits per heavy atom. The number of esters is 4. The second-order valence-electron chi connectivity index (χ2n) is 28.7. The van der Waals surface area contributed by atoms with Crippen LogP contribution in [0.1, 0.15) is 420 Å². The van der Waals surface area contributed by atoms with Gasteiger partial charge in [-0.15, -0.1) is 0 Å². The average molecular weight is 1440 g/mol. The number of carbonyl (C=O) groups is 4. The van der Waals surface area contributed by atoms with Crippen LogP contribution >= 0.6 is 15.6 Å². The summed E-state index contributed by atoms with van der Waals surface area (Å²) < 4.78 is 68.7. The van der Waals surface area contributed by atoms with E-state index in [0.717, 1.165) is 95.8 Å². The van der Waals surface area contributed by atoms with Crippen LogP contribution in [-0.4, -0.2) is 96.7 Å². The maximum Gasteiger partial charge on any atom is 0.472 e. The molecule has 6 atom stereocenters. The van der Waals surface area contributed by atoms with E-state index in [2.05, 4.69) is 34.6 Å². The molecule has 0 aliphatic carbocycles. The largest absolute Gasteiger partial charge is 0.472 e. The van der Waals surface area contributed by atoms with Crippen LogP contribution in [0.25, 0.3) is 0 Å². The van der Waals surface area contributed by atoms with Crippen molar-refractivity contribution in [1.82, 2.24) is 0 Å². The second-order valence-corrected chi connectivity index (χ2v) is 31.6. The summed E-state index contributed by atoms with van der Waals surface area (Å²) in [6, 6.07) is 0. The van der Waals surface area contributed by atoms with E-state index in [0.29, 0.717) is 25.7 Å². The molecule has 19 heteroatoms. The Labute approximate surface area is 600 Å². The van der Waals surface area contributed by atoms with E-state index in [-0.39, 0.29) is 25.7 Å². The zero-order valence-electron chi connectivity index (χ0n) is 63.9. The first-order valence-electron chi connectivity index (χ1n) is 41.2. The third kappa shape index (κ3) is 71.1. The highest BCUT2D eigenvalue weighted by atomic mass is 31.2. The van der Waals surface area contributed by atoms with Crippen LogP contribution in [0.15, 0.2) is 0 Å². The van der Waals surface area contributed by atoms with Crippen molar-refractivity contribution in [3.05, 3.63) is 0 Å². The lowest BCUT2D eigenvalue weighted by atomic mass is 9.99.